The van der Waals surface area contributed by atoms with Crippen molar-refractivity contribution in [1.82, 2.24) is 29.2 Å². The maximum atomic E-state index is 14.3. The van der Waals surface area contributed by atoms with Crippen molar-refractivity contribution in [3.63, 3.8) is 0 Å². The molecule has 1 aromatic carbocycles. The van der Waals surface area contributed by atoms with Crippen LogP contribution in [0.1, 0.15) is 64.5 Å². The second-order valence-corrected chi connectivity index (χ2v) is 10.7. The van der Waals surface area contributed by atoms with E-state index in [9.17, 15) is 18.0 Å². The smallest absolute Gasteiger partial charge is 0.435 e. The minimum Gasteiger partial charge on any atom is -0.497 e. The topological polar surface area (TPSA) is 78.1 Å². The first-order valence-corrected chi connectivity index (χ1v) is 13.8. The fourth-order valence-corrected chi connectivity index (χ4v) is 5.82. The Morgan fingerprint density at radius 2 is 1.88 bits per heavy atom. The molecule has 0 unspecified atom stereocenters. The number of ether oxygens (including phenoxy) is 1. The van der Waals surface area contributed by atoms with E-state index >= 15 is 0 Å². The lowest BCUT2D eigenvalue weighted by atomic mass is 9.87. The quantitative estimate of drug-likeness (QED) is 0.275. The Hall–Kier alpha value is -4.15. The molecule has 11 heteroatoms. The highest BCUT2D eigenvalue weighted by molar-refractivity contribution is 5.99. The maximum Gasteiger partial charge on any atom is 0.435 e. The van der Waals surface area contributed by atoms with Crippen LogP contribution in [0.5, 0.6) is 5.75 Å². The second-order valence-electron chi connectivity index (χ2n) is 10.7. The van der Waals surface area contributed by atoms with Crippen LogP contribution < -0.4 is 4.74 Å². The number of nitrogens with zero attached hydrogens (tertiary/aromatic N) is 6. The van der Waals surface area contributed by atoms with Gasteiger partial charge in [0, 0.05) is 61.6 Å². The summed E-state index contributed by atoms with van der Waals surface area (Å²) in [5.74, 6) is 1.51. The van der Waals surface area contributed by atoms with E-state index in [0.29, 0.717) is 48.5 Å². The predicted octanol–water partition coefficient (Wildman–Crippen LogP) is 5.70. The third-order valence-electron chi connectivity index (χ3n) is 8.02. The number of carbonyl (C=O) groups excluding carboxylic acids is 1. The van der Waals surface area contributed by atoms with Crippen LogP contribution in [-0.2, 0) is 25.7 Å². The molecule has 1 fully saturated rings. The Morgan fingerprint density at radius 3 is 2.54 bits per heavy atom. The van der Waals surface area contributed by atoms with E-state index in [-0.39, 0.29) is 23.4 Å². The number of halogens is 3. The SMILES string of the molecule is CCn1cc(-c2cc(Cn3ccnc3C)cc3c2CCN([C@@H](c2cc(OC)ccn2)C2CC2)C3=O)c(C(F)(F)F)n1. The summed E-state index contributed by atoms with van der Waals surface area (Å²) in [5, 5.41) is 3.86. The average molecular weight is 565 g/mol. The molecule has 1 aliphatic carbocycles. The van der Waals surface area contributed by atoms with Crippen molar-refractivity contribution in [2.45, 2.75) is 58.4 Å². The number of amides is 1. The van der Waals surface area contributed by atoms with Gasteiger partial charge in [-0.3, -0.25) is 14.5 Å². The number of fused-ring (bicyclic) bond motifs is 1. The standard InChI is InChI=1S/C30H31F3N6O2/c1-4-38-17-25(28(36-38)30(31,32)33)23-13-19(16-37-12-10-34-18(37)2)14-24-22(23)8-11-39(29(24)40)27(20-5-6-20)26-15-21(41-3)7-9-35-26/h7,9-10,12-15,17,20,27H,4-6,8,11,16H2,1-3H3/t27-/m1/s1. The molecule has 0 saturated heterocycles. The number of methoxy groups -OCH3 is 1. The Bertz CT molecular complexity index is 1600. The Balaban J connectivity index is 1.48. The first-order chi connectivity index (χ1) is 19.7. The zero-order chi connectivity index (χ0) is 28.9. The van der Waals surface area contributed by atoms with Crippen molar-refractivity contribution < 1.29 is 22.7 Å². The first kappa shape index (κ1) is 27.0. The van der Waals surface area contributed by atoms with E-state index in [1.807, 2.05) is 34.7 Å². The number of hydrogen-bond donors (Lipinski definition) is 0. The number of imidazole rings is 1. The summed E-state index contributed by atoms with van der Waals surface area (Å²) in [6.07, 6.45) is 4.36. The summed E-state index contributed by atoms with van der Waals surface area (Å²) in [5.41, 5.74) is 1.97. The number of rotatable bonds is 8. The molecular formula is C30H31F3N6O2. The highest BCUT2D eigenvalue weighted by Crippen LogP contribution is 2.47. The summed E-state index contributed by atoms with van der Waals surface area (Å²) in [7, 11) is 1.59. The summed E-state index contributed by atoms with van der Waals surface area (Å²) in [4.78, 5) is 25.0. The summed E-state index contributed by atoms with van der Waals surface area (Å²) in [6.45, 7) is 4.65. The molecule has 1 aliphatic heterocycles. The second kappa shape index (κ2) is 10.4. The van der Waals surface area contributed by atoms with Gasteiger partial charge in [0.2, 0.25) is 0 Å². The number of aryl methyl sites for hydroxylation is 2. The number of carbonyl (C=O) groups is 1. The Labute approximate surface area is 235 Å². The number of benzene rings is 1. The molecule has 4 heterocycles. The third-order valence-corrected chi connectivity index (χ3v) is 8.02. The molecule has 0 spiro atoms. The lowest BCUT2D eigenvalue weighted by Crippen LogP contribution is -2.41. The minimum absolute atomic E-state index is 0.00532. The van der Waals surface area contributed by atoms with Gasteiger partial charge in [-0.05, 0) is 73.9 Å². The van der Waals surface area contributed by atoms with Crippen LogP contribution in [0.25, 0.3) is 11.1 Å². The van der Waals surface area contributed by atoms with Crippen molar-refractivity contribution in [2.24, 2.45) is 5.92 Å². The van der Waals surface area contributed by atoms with E-state index in [1.165, 1.54) is 10.9 Å². The normalized spacial score (nSPS) is 16.1. The molecular weight excluding hydrogens is 533 g/mol. The largest absolute Gasteiger partial charge is 0.497 e. The third kappa shape index (κ3) is 5.09. The van der Waals surface area contributed by atoms with Crippen LogP contribution >= 0.6 is 0 Å². The summed E-state index contributed by atoms with van der Waals surface area (Å²) < 4.78 is 51.2. The fourth-order valence-electron chi connectivity index (χ4n) is 5.82. The van der Waals surface area contributed by atoms with Gasteiger partial charge in [-0.25, -0.2) is 4.98 Å². The maximum absolute atomic E-state index is 14.3. The van der Waals surface area contributed by atoms with Crippen LogP contribution in [0.2, 0.25) is 0 Å². The molecule has 8 nitrogen and oxygen atoms in total. The Morgan fingerprint density at radius 1 is 1.10 bits per heavy atom. The van der Waals surface area contributed by atoms with Gasteiger partial charge >= 0.3 is 6.18 Å². The van der Waals surface area contributed by atoms with E-state index in [1.54, 1.807) is 38.6 Å². The molecule has 1 saturated carbocycles. The summed E-state index contributed by atoms with van der Waals surface area (Å²) in [6, 6.07) is 7.00. The van der Waals surface area contributed by atoms with Gasteiger partial charge in [-0.2, -0.15) is 18.3 Å². The first-order valence-electron chi connectivity index (χ1n) is 13.8. The molecule has 0 radical (unpaired) electrons. The van der Waals surface area contributed by atoms with Gasteiger partial charge in [-0.1, -0.05) is 0 Å². The van der Waals surface area contributed by atoms with E-state index < -0.39 is 11.9 Å². The van der Waals surface area contributed by atoms with Gasteiger partial charge < -0.3 is 14.2 Å². The minimum atomic E-state index is -4.64. The molecule has 41 heavy (non-hydrogen) atoms. The van der Waals surface area contributed by atoms with Crippen molar-refractivity contribution in [3.8, 4) is 16.9 Å². The van der Waals surface area contributed by atoms with Crippen molar-refractivity contribution >= 4 is 5.91 Å². The highest BCUT2D eigenvalue weighted by Gasteiger charge is 2.43. The van der Waals surface area contributed by atoms with Crippen LogP contribution in [0.15, 0.2) is 49.1 Å². The molecule has 0 N–H and O–H groups in total. The number of alkyl halides is 3. The van der Waals surface area contributed by atoms with Crippen LogP contribution in [-0.4, -0.2) is 48.8 Å². The molecule has 2 aliphatic rings. The predicted molar refractivity (Wildman–Crippen MR) is 145 cm³/mol. The molecule has 214 valence electrons. The lowest BCUT2D eigenvalue weighted by Gasteiger charge is -2.36. The molecule has 4 aromatic rings. The van der Waals surface area contributed by atoms with Crippen LogP contribution in [0.3, 0.4) is 0 Å². The highest BCUT2D eigenvalue weighted by atomic mass is 19.4. The molecule has 6 rings (SSSR count). The fraction of sp³-hybridized carbons (Fsp3) is 0.400. The monoisotopic (exact) mass is 564 g/mol. The van der Waals surface area contributed by atoms with Crippen molar-refractivity contribution in [2.75, 3.05) is 13.7 Å². The number of pyridine rings is 1. The van der Waals surface area contributed by atoms with E-state index in [0.717, 1.165) is 29.9 Å². The molecule has 3 aromatic heterocycles. The zero-order valence-electron chi connectivity index (χ0n) is 23.1. The molecule has 1 atom stereocenters. The number of hydrogen-bond acceptors (Lipinski definition) is 5. The van der Waals surface area contributed by atoms with Crippen LogP contribution in [0.4, 0.5) is 13.2 Å². The average Bonchev–Trinajstić information content (AvgIpc) is 3.55. The van der Waals surface area contributed by atoms with Crippen LogP contribution in [0, 0.1) is 12.8 Å². The molecule has 1 amide bonds. The van der Waals surface area contributed by atoms with Crippen molar-refractivity contribution in [1.29, 1.82) is 0 Å². The zero-order valence-corrected chi connectivity index (χ0v) is 23.1. The van der Waals surface area contributed by atoms with Gasteiger partial charge in [0.1, 0.15) is 11.6 Å². The summed E-state index contributed by atoms with van der Waals surface area (Å²) >= 11 is 0. The van der Waals surface area contributed by atoms with E-state index in [2.05, 4.69) is 15.1 Å². The van der Waals surface area contributed by atoms with Gasteiger partial charge in [0.15, 0.2) is 5.69 Å². The number of aromatic nitrogens is 5. The van der Waals surface area contributed by atoms with E-state index in [4.69, 9.17) is 4.74 Å². The Kier molecular flexibility index (Phi) is 6.83. The van der Waals surface area contributed by atoms with Crippen molar-refractivity contribution in [3.05, 3.63) is 83.0 Å². The van der Waals surface area contributed by atoms with Gasteiger partial charge in [0.05, 0.1) is 18.8 Å². The molecule has 0 bridgehead atoms. The van der Waals surface area contributed by atoms with Gasteiger partial charge in [0.25, 0.3) is 5.91 Å². The lowest BCUT2D eigenvalue weighted by molar-refractivity contribution is -0.141. The van der Waals surface area contributed by atoms with Gasteiger partial charge in [-0.15, -0.1) is 0 Å².